The minimum atomic E-state index is 0.643. The van der Waals surface area contributed by atoms with E-state index in [1.807, 2.05) is 0 Å². The second-order valence-corrected chi connectivity index (χ2v) is 7.14. The van der Waals surface area contributed by atoms with Crippen LogP contribution in [0.15, 0.2) is 24.4 Å². The highest BCUT2D eigenvalue weighted by Gasteiger charge is 2.13. The maximum atomic E-state index is 5.44. The number of aromatic nitrogens is 1. The molecule has 24 heavy (non-hydrogen) atoms. The van der Waals surface area contributed by atoms with E-state index in [-0.39, 0.29) is 0 Å². The SMILES string of the molecule is COc1ccc2c(c1)c(CCCN1CCOCC1)cn2CC(C)C. The fourth-order valence-corrected chi connectivity index (χ4v) is 3.54. The minimum Gasteiger partial charge on any atom is -0.497 e. The molecule has 2 aromatic rings. The topological polar surface area (TPSA) is 26.6 Å². The van der Waals surface area contributed by atoms with Gasteiger partial charge in [-0.15, -0.1) is 0 Å². The first-order chi connectivity index (χ1) is 11.7. The van der Waals surface area contributed by atoms with Crippen molar-refractivity contribution in [3.05, 3.63) is 30.0 Å². The van der Waals surface area contributed by atoms with Gasteiger partial charge in [-0.25, -0.2) is 0 Å². The first kappa shape index (κ1) is 17.3. The van der Waals surface area contributed by atoms with Crippen molar-refractivity contribution in [1.82, 2.24) is 9.47 Å². The Labute approximate surface area is 145 Å². The third-order valence-corrected chi connectivity index (χ3v) is 4.76. The highest BCUT2D eigenvalue weighted by Crippen LogP contribution is 2.27. The molecule has 4 heteroatoms. The molecule has 0 radical (unpaired) electrons. The van der Waals surface area contributed by atoms with Crippen molar-refractivity contribution in [2.75, 3.05) is 40.0 Å². The molecule has 1 saturated heterocycles. The lowest BCUT2D eigenvalue weighted by Gasteiger charge is -2.26. The van der Waals surface area contributed by atoms with Gasteiger partial charge in [-0.1, -0.05) is 13.8 Å². The van der Waals surface area contributed by atoms with Gasteiger partial charge in [0.1, 0.15) is 5.75 Å². The van der Waals surface area contributed by atoms with Crippen molar-refractivity contribution in [2.24, 2.45) is 5.92 Å². The predicted molar refractivity (Wildman–Crippen MR) is 98.9 cm³/mol. The predicted octanol–water partition coefficient (Wildman–Crippen LogP) is 3.57. The first-order valence-corrected chi connectivity index (χ1v) is 9.13. The molecule has 132 valence electrons. The monoisotopic (exact) mass is 330 g/mol. The number of morpholine rings is 1. The van der Waals surface area contributed by atoms with E-state index >= 15 is 0 Å². The number of aryl methyl sites for hydroxylation is 1. The van der Waals surface area contributed by atoms with Crippen molar-refractivity contribution >= 4 is 10.9 Å². The Balaban J connectivity index is 1.74. The average Bonchev–Trinajstić information content (AvgIpc) is 2.92. The molecule has 3 rings (SSSR count). The number of ether oxygens (including phenoxy) is 2. The molecule has 4 nitrogen and oxygen atoms in total. The zero-order valence-corrected chi connectivity index (χ0v) is 15.3. The van der Waals surface area contributed by atoms with E-state index in [9.17, 15) is 0 Å². The number of fused-ring (bicyclic) bond motifs is 1. The second kappa shape index (κ2) is 8.04. The normalized spacial score (nSPS) is 16.2. The molecule has 0 aliphatic carbocycles. The molecule has 2 heterocycles. The summed E-state index contributed by atoms with van der Waals surface area (Å²) in [5.41, 5.74) is 2.77. The number of benzene rings is 1. The maximum Gasteiger partial charge on any atom is 0.119 e. The van der Waals surface area contributed by atoms with Gasteiger partial charge >= 0.3 is 0 Å². The largest absolute Gasteiger partial charge is 0.497 e. The third-order valence-electron chi connectivity index (χ3n) is 4.76. The molecule has 1 aromatic heterocycles. The van der Waals surface area contributed by atoms with E-state index in [1.54, 1.807) is 7.11 Å². The Morgan fingerprint density at radius 1 is 1.21 bits per heavy atom. The van der Waals surface area contributed by atoms with E-state index in [4.69, 9.17) is 9.47 Å². The molecule has 0 unspecified atom stereocenters. The summed E-state index contributed by atoms with van der Waals surface area (Å²) in [5, 5.41) is 1.34. The molecular formula is C20H30N2O2. The molecule has 0 spiro atoms. The standard InChI is InChI=1S/C20H30N2O2/c1-16(2)14-22-15-17(5-4-8-21-9-11-24-12-10-21)19-13-18(23-3)6-7-20(19)22/h6-7,13,15-16H,4-5,8-12,14H2,1-3H3. The Hall–Kier alpha value is -1.52. The molecule has 0 N–H and O–H groups in total. The van der Waals surface area contributed by atoms with Crippen LogP contribution in [0.5, 0.6) is 5.75 Å². The molecular weight excluding hydrogens is 300 g/mol. The van der Waals surface area contributed by atoms with Gasteiger partial charge < -0.3 is 14.0 Å². The number of hydrogen-bond acceptors (Lipinski definition) is 3. The van der Waals surface area contributed by atoms with Gasteiger partial charge in [-0.05, 0) is 49.1 Å². The van der Waals surface area contributed by atoms with Crippen LogP contribution in [-0.4, -0.2) is 49.4 Å². The van der Waals surface area contributed by atoms with Crippen molar-refractivity contribution in [3.63, 3.8) is 0 Å². The molecule has 0 amide bonds. The Kier molecular flexibility index (Phi) is 5.80. The van der Waals surface area contributed by atoms with Crippen LogP contribution in [0.2, 0.25) is 0 Å². The quantitative estimate of drug-likeness (QED) is 0.776. The number of rotatable bonds is 7. The summed E-state index contributed by atoms with van der Waals surface area (Å²) < 4.78 is 13.3. The molecule has 1 fully saturated rings. The van der Waals surface area contributed by atoms with Crippen molar-refractivity contribution in [1.29, 1.82) is 0 Å². The zero-order chi connectivity index (χ0) is 16.9. The summed E-state index contributed by atoms with van der Waals surface area (Å²) in [7, 11) is 1.74. The minimum absolute atomic E-state index is 0.643. The Bertz CT molecular complexity index is 657. The second-order valence-electron chi connectivity index (χ2n) is 7.14. The number of hydrogen-bond donors (Lipinski definition) is 0. The fraction of sp³-hybridized carbons (Fsp3) is 0.600. The highest BCUT2D eigenvalue weighted by molar-refractivity contribution is 5.85. The van der Waals surface area contributed by atoms with Gasteiger partial charge in [-0.3, -0.25) is 4.90 Å². The van der Waals surface area contributed by atoms with Gasteiger partial charge in [0.25, 0.3) is 0 Å². The van der Waals surface area contributed by atoms with Crippen LogP contribution in [-0.2, 0) is 17.7 Å². The fourth-order valence-electron chi connectivity index (χ4n) is 3.54. The van der Waals surface area contributed by atoms with Crippen LogP contribution >= 0.6 is 0 Å². The third kappa shape index (κ3) is 4.11. The Morgan fingerprint density at radius 3 is 2.71 bits per heavy atom. The van der Waals surface area contributed by atoms with Crippen molar-refractivity contribution < 1.29 is 9.47 Å². The van der Waals surface area contributed by atoms with E-state index in [2.05, 4.69) is 47.7 Å². The lowest BCUT2D eigenvalue weighted by Crippen LogP contribution is -2.36. The van der Waals surface area contributed by atoms with Crippen LogP contribution in [0.1, 0.15) is 25.8 Å². The van der Waals surface area contributed by atoms with Crippen LogP contribution in [0.3, 0.4) is 0 Å². The zero-order valence-electron chi connectivity index (χ0n) is 15.3. The van der Waals surface area contributed by atoms with Crippen LogP contribution in [0.25, 0.3) is 10.9 Å². The summed E-state index contributed by atoms with van der Waals surface area (Å²) >= 11 is 0. The van der Waals surface area contributed by atoms with Gasteiger partial charge in [0.15, 0.2) is 0 Å². The molecule has 1 aliphatic heterocycles. The van der Waals surface area contributed by atoms with Crippen LogP contribution in [0.4, 0.5) is 0 Å². The molecule has 1 aromatic carbocycles. The van der Waals surface area contributed by atoms with Crippen molar-refractivity contribution in [3.8, 4) is 5.75 Å². The highest BCUT2D eigenvalue weighted by atomic mass is 16.5. The molecule has 0 atom stereocenters. The van der Waals surface area contributed by atoms with E-state index in [0.29, 0.717) is 5.92 Å². The average molecular weight is 330 g/mol. The van der Waals surface area contributed by atoms with Gasteiger partial charge in [0, 0.05) is 36.7 Å². The maximum absolute atomic E-state index is 5.44. The summed E-state index contributed by atoms with van der Waals surface area (Å²) in [5.74, 6) is 1.59. The van der Waals surface area contributed by atoms with E-state index < -0.39 is 0 Å². The molecule has 1 aliphatic rings. The lowest BCUT2D eigenvalue weighted by atomic mass is 10.1. The number of methoxy groups -OCH3 is 1. The first-order valence-electron chi connectivity index (χ1n) is 9.13. The van der Waals surface area contributed by atoms with Crippen LogP contribution in [0, 0.1) is 5.92 Å². The smallest absolute Gasteiger partial charge is 0.119 e. The van der Waals surface area contributed by atoms with Gasteiger partial charge in [-0.2, -0.15) is 0 Å². The summed E-state index contributed by atoms with van der Waals surface area (Å²) in [6, 6.07) is 6.45. The van der Waals surface area contributed by atoms with Crippen molar-refractivity contribution in [2.45, 2.75) is 33.2 Å². The summed E-state index contributed by atoms with van der Waals surface area (Å²) in [6.07, 6.45) is 4.66. The van der Waals surface area contributed by atoms with E-state index in [1.165, 1.54) is 22.9 Å². The molecule has 0 bridgehead atoms. The Morgan fingerprint density at radius 2 is 2.00 bits per heavy atom. The lowest BCUT2D eigenvalue weighted by molar-refractivity contribution is 0.0375. The van der Waals surface area contributed by atoms with E-state index in [0.717, 1.165) is 51.6 Å². The van der Waals surface area contributed by atoms with Gasteiger partial charge in [0.2, 0.25) is 0 Å². The number of nitrogens with zero attached hydrogens (tertiary/aromatic N) is 2. The van der Waals surface area contributed by atoms with Crippen LogP contribution < -0.4 is 4.74 Å². The molecule has 0 saturated carbocycles. The summed E-state index contributed by atoms with van der Waals surface area (Å²) in [4.78, 5) is 2.51. The van der Waals surface area contributed by atoms with Gasteiger partial charge in [0.05, 0.1) is 20.3 Å². The summed E-state index contributed by atoms with van der Waals surface area (Å²) in [6.45, 7) is 10.7.